The maximum atomic E-state index is 9.09. The summed E-state index contributed by atoms with van der Waals surface area (Å²) in [5.74, 6) is -2.72. The highest BCUT2D eigenvalue weighted by molar-refractivity contribution is 5.73. The van der Waals surface area contributed by atoms with Crippen LogP contribution < -0.4 is 5.73 Å². The Labute approximate surface area is 68.3 Å². The average Bonchev–Trinajstić information content (AvgIpc) is 2.08. The van der Waals surface area contributed by atoms with E-state index >= 15 is 0 Å². The van der Waals surface area contributed by atoms with E-state index in [-0.39, 0.29) is 11.3 Å². The van der Waals surface area contributed by atoms with Crippen molar-refractivity contribution in [2.24, 2.45) is 0 Å². The molecule has 0 heterocycles. The summed E-state index contributed by atoms with van der Waals surface area (Å²) in [6, 6.07) is 0. The molecule has 0 aromatic heterocycles. The van der Waals surface area contributed by atoms with Crippen molar-refractivity contribution in [2.45, 2.75) is 6.92 Å². The lowest BCUT2D eigenvalue weighted by Crippen LogP contribution is -1.91. The molecule has 5 heteroatoms. The fourth-order valence-corrected chi connectivity index (χ4v) is 0.835. The second kappa shape index (κ2) is 2.37. The first-order valence-electron chi connectivity index (χ1n) is 3.18. The summed E-state index contributed by atoms with van der Waals surface area (Å²) in [6.07, 6.45) is 0. The highest BCUT2D eigenvalue weighted by Crippen LogP contribution is 2.48. The third-order valence-electron chi connectivity index (χ3n) is 1.69. The Kier molecular flexibility index (Phi) is 1.64. The number of hydrogen-bond acceptors (Lipinski definition) is 5. The van der Waals surface area contributed by atoms with Gasteiger partial charge in [-0.1, -0.05) is 0 Å². The Morgan fingerprint density at radius 2 is 1.25 bits per heavy atom. The highest BCUT2D eigenvalue weighted by atomic mass is 16.3. The van der Waals surface area contributed by atoms with Crippen LogP contribution in [-0.4, -0.2) is 20.4 Å². The van der Waals surface area contributed by atoms with Gasteiger partial charge in [0.25, 0.3) is 0 Å². The monoisotopic (exact) mass is 171 g/mol. The Bertz CT molecular complexity index is 230. The Morgan fingerprint density at radius 1 is 0.833 bits per heavy atom. The molecule has 0 saturated carbocycles. The molecule has 0 bridgehead atoms. The average molecular weight is 171 g/mol. The number of rotatable bonds is 0. The van der Waals surface area contributed by atoms with Gasteiger partial charge in [0.1, 0.15) is 0 Å². The maximum absolute atomic E-state index is 9.09. The highest BCUT2D eigenvalue weighted by Gasteiger charge is 2.18. The van der Waals surface area contributed by atoms with Crippen molar-refractivity contribution >= 4 is 5.69 Å². The largest absolute Gasteiger partial charge is 0.504 e. The molecule has 1 aromatic carbocycles. The molecule has 0 aliphatic heterocycles. The van der Waals surface area contributed by atoms with Crippen LogP contribution >= 0.6 is 0 Å². The number of aromatic hydroxyl groups is 4. The van der Waals surface area contributed by atoms with Gasteiger partial charge in [-0.3, -0.25) is 0 Å². The third kappa shape index (κ3) is 0.868. The SMILES string of the molecule is Cc1c(N)c(O)c(O)c(O)c1O. The molecule has 5 nitrogen and oxygen atoms in total. The lowest BCUT2D eigenvalue weighted by Gasteiger charge is -2.09. The van der Waals surface area contributed by atoms with Crippen LogP contribution in [0.25, 0.3) is 0 Å². The zero-order valence-electron chi connectivity index (χ0n) is 6.37. The standard InChI is InChI=1S/C7H9NO4/c1-2-3(8)5(10)7(12)6(11)4(2)9/h9-12H,8H2,1H3. The van der Waals surface area contributed by atoms with Gasteiger partial charge in [0.2, 0.25) is 11.5 Å². The quantitative estimate of drug-likeness (QED) is 0.220. The van der Waals surface area contributed by atoms with Gasteiger partial charge in [0.05, 0.1) is 5.69 Å². The molecular weight excluding hydrogens is 162 g/mol. The predicted molar refractivity (Wildman–Crippen MR) is 42.3 cm³/mol. The summed E-state index contributed by atoms with van der Waals surface area (Å²) in [5, 5.41) is 36.1. The molecule has 1 aromatic rings. The lowest BCUT2D eigenvalue weighted by molar-refractivity contribution is 0.345. The minimum absolute atomic E-state index is 0.128. The maximum Gasteiger partial charge on any atom is 0.206 e. The van der Waals surface area contributed by atoms with Gasteiger partial charge >= 0.3 is 0 Å². The first-order chi connectivity index (χ1) is 5.46. The normalized spacial score (nSPS) is 10.1. The Hall–Kier alpha value is -1.78. The first-order valence-corrected chi connectivity index (χ1v) is 3.18. The molecule has 0 radical (unpaired) electrons. The molecule has 12 heavy (non-hydrogen) atoms. The summed E-state index contributed by atoms with van der Waals surface area (Å²) in [6.45, 7) is 1.41. The van der Waals surface area contributed by atoms with Crippen molar-refractivity contribution in [3.8, 4) is 23.0 Å². The molecule has 0 spiro atoms. The Morgan fingerprint density at radius 3 is 1.75 bits per heavy atom. The number of anilines is 1. The van der Waals surface area contributed by atoms with E-state index < -0.39 is 23.0 Å². The second-order valence-electron chi connectivity index (χ2n) is 2.43. The summed E-state index contributed by atoms with van der Waals surface area (Å²) in [5.41, 5.74) is 5.25. The topological polar surface area (TPSA) is 107 Å². The fraction of sp³-hybridized carbons (Fsp3) is 0.143. The van der Waals surface area contributed by atoms with Crippen LogP contribution in [-0.2, 0) is 0 Å². The van der Waals surface area contributed by atoms with Crippen molar-refractivity contribution < 1.29 is 20.4 Å². The molecule has 0 fully saturated rings. The smallest absolute Gasteiger partial charge is 0.206 e. The van der Waals surface area contributed by atoms with Crippen LogP contribution in [0.4, 0.5) is 5.69 Å². The zero-order valence-corrected chi connectivity index (χ0v) is 6.37. The van der Waals surface area contributed by atoms with Gasteiger partial charge in [0, 0.05) is 5.56 Å². The molecule has 0 amide bonds. The van der Waals surface area contributed by atoms with Crippen molar-refractivity contribution in [1.29, 1.82) is 0 Å². The van der Waals surface area contributed by atoms with E-state index in [1.165, 1.54) is 6.92 Å². The molecule has 0 aliphatic rings. The lowest BCUT2D eigenvalue weighted by atomic mass is 10.1. The number of hydrogen-bond donors (Lipinski definition) is 5. The molecule has 0 atom stereocenters. The number of nitrogens with two attached hydrogens (primary N) is 1. The van der Waals surface area contributed by atoms with Gasteiger partial charge in [-0.25, -0.2) is 0 Å². The van der Waals surface area contributed by atoms with E-state index in [4.69, 9.17) is 26.2 Å². The summed E-state index contributed by atoms with van der Waals surface area (Å²) in [4.78, 5) is 0. The number of nitrogen functional groups attached to an aromatic ring is 1. The van der Waals surface area contributed by atoms with E-state index in [1.54, 1.807) is 0 Å². The van der Waals surface area contributed by atoms with Gasteiger partial charge in [-0.05, 0) is 6.92 Å². The second-order valence-corrected chi connectivity index (χ2v) is 2.43. The third-order valence-corrected chi connectivity index (χ3v) is 1.69. The Balaban J connectivity index is 3.60. The van der Waals surface area contributed by atoms with Crippen LogP contribution in [0.3, 0.4) is 0 Å². The molecule has 1 rings (SSSR count). The van der Waals surface area contributed by atoms with Crippen molar-refractivity contribution in [3.05, 3.63) is 5.56 Å². The minimum atomic E-state index is -0.810. The van der Waals surface area contributed by atoms with E-state index in [0.29, 0.717) is 0 Å². The van der Waals surface area contributed by atoms with E-state index in [0.717, 1.165) is 0 Å². The van der Waals surface area contributed by atoms with Crippen LogP contribution in [0, 0.1) is 6.92 Å². The number of benzene rings is 1. The zero-order chi connectivity index (χ0) is 9.46. The van der Waals surface area contributed by atoms with E-state index in [2.05, 4.69) is 0 Å². The van der Waals surface area contributed by atoms with Crippen LogP contribution in [0.2, 0.25) is 0 Å². The van der Waals surface area contributed by atoms with Gasteiger partial charge < -0.3 is 26.2 Å². The molecule has 66 valence electrons. The number of phenols is 4. The van der Waals surface area contributed by atoms with Crippen LogP contribution in [0.15, 0.2) is 0 Å². The number of phenolic OH excluding ortho intramolecular Hbond substituents is 4. The van der Waals surface area contributed by atoms with Crippen LogP contribution in [0.1, 0.15) is 5.56 Å². The molecule has 0 aliphatic carbocycles. The van der Waals surface area contributed by atoms with E-state index in [9.17, 15) is 0 Å². The minimum Gasteiger partial charge on any atom is -0.504 e. The summed E-state index contributed by atoms with van der Waals surface area (Å²) in [7, 11) is 0. The summed E-state index contributed by atoms with van der Waals surface area (Å²) >= 11 is 0. The summed E-state index contributed by atoms with van der Waals surface area (Å²) < 4.78 is 0. The van der Waals surface area contributed by atoms with Crippen molar-refractivity contribution in [1.82, 2.24) is 0 Å². The van der Waals surface area contributed by atoms with Crippen molar-refractivity contribution in [2.75, 3.05) is 5.73 Å². The predicted octanol–water partition coefficient (Wildman–Crippen LogP) is 0.400. The van der Waals surface area contributed by atoms with Gasteiger partial charge in [-0.2, -0.15) is 0 Å². The van der Waals surface area contributed by atoms with Gasteiger partial charge in [-0.15, -0.1) is 0 Å². The van der Waals surface area contributed by atoms with E-state index in [1.807, 2.05) is 0 Å². The first kappa shape index (κ1) is 8.32. The van der Waals surface area contributed by atoms with Crippen LogP contribution in [0.5, 0.6) is 23.0 Å². The molecule has 0 saturated heterocycles. The molecular formula is C7H9NO4. The fourth-order valence-electron chi connectivity index (χ4n) is 0.835. The van der Waals surface area contributed by atoms with Crippen molar-refractivity contribution in [3.63, 3.8) is 0 Å². The molecule has 6 N–H and O–H groups in total. The molecule has 0 unspecified atom stereocenters. The van der Waals surface area contributed by atoms with Gasteiger partial charge in [0.15, 0.2) is 11.5 Å².